The Bertz CT molecular complexity index is 1370. The van der Waals surface area contributed by atoms with Gasteiger partial charge in [-0.3, -0.25) is 0 Å². The number of rotatable bonds is 6. The summed E-state index contributed by atoms with van der Waals surface area (Å²) in [5, 5.41) is 0. The van der Waals surface area contributed by atoms with Gasteiger partial charge < -0.3 is 0 Å². The molecule has 0 aromatic carbocycles. The molecule has 0 amide bonds. The molecule has 0 nitrogen and oxygen atoms in total. The molecule has 0 heterocycles. The van der Waals surface area contributed by atoms with Gasteiger partial charge in [-0.25, -0.2) is 0 Å². The summed E-state index contributed by atoms with van der Waals surface area (Å²) in [6.07, 6.45) is 53.4. The Hall–Kier alpha value is -0.520. The quantitative estimate of drug-likeness (QED) is 0.237. The predicted molar refractivity (Wildman–Crippen MR) is 236 cm³/mol. The molecule has 0 aromatic heterocycles. The lowest BCUT2D eigenvalue weighted by Gasteiger charge is -2.60. The minimum absolute atomic E-state index is 0.950. The SMILES string of the molecule is CC1=C(C2CCC(C3C4CCCCC4C(C4CCCCC4)C4CCCCC43)CC2)C1C1CCC(C2C3CCCCC3=C(C3CCCCC3)C3CCCCC32)CC1. The molecule has 0 spiro atoms. The van der Waals surface area contributed by atoms with Gasteiger partial charge in [-0.2, -0.15) is 0 Å². The number of fused-ring (bicyclic) bond motifs is 4. The highest BCUT2D eigenvalue weighted by Crippen LogP contribution is 2.65. The van der Waals surface area contributed by atoms with Gasteiger partial charge in [-0.15, -0.1) is 0 Å². The summed E-state index contributed by atoms with van der Waals surface area (Å²) < 4.78 is 0. The van der Waals surface area contributed by atoms with E-state index in [4.69, 9.17) is 0 Å². The van der Waals surface area contributed by atoms with Gasteiger partial charge in [0.05, 0.1) is 0 Å². The van der Waals surface area contributed by atoms with Crippen LogP contribution >= 0.6 is 0 Å². The standard InChI is InChI=1S/C56H88/c1-36-51(39-28-32-41(33-29-39)55-47-24-12-8-20-43(47)53(37-16-4-2-5-17-37)44-21-9-13-25-48(44)55)52(36)40-30-34-42(35-31-40)56-49-26-14-10-22-45(49)54(38-18-6-3-7-19-38)46-23-11-15-27-50(46)56/h37-45,47-50,52-53,55-56H,2-35H2,1H3. The van der Waals surface area contributed by atoms with Gasteiger partial charge in [-0.1, -0.05) is 119 Å². The van der Waals surface area contributed by atoms with Crippen molar-refractivity contribution in [2.75, 3.05) is 0 Å². The second-order valence-corrected chi connectivity index (χ2v) is 24.0. The van der Waals surface area contributed by atoms with E-state index in [1.165, 1.54) is 51.4 Å². The average Bonchev–Trinajstić information content (AvgIpc) is 3.95. The smallest absolute Gasteiger partial charge is 0.00410 e. The normalized spacial score (nSPS) is 48.1. The first-order valence-electron chi connectivity index (χ1n) is 27.2. The first kappa shape index (κ1) is 38.4. The van der Waals surface area contributed by atoms with Crippen molar-refractivity contribution in [1.29, 1.82) is 0 Å². The van der Waals surface area contributed by atoms with E-state index < -0.39 is 0 Å². The molecule has 11 aliphatic rings. The zero-order valence-corrected chi connectivity index (χ0v) is 36.9. The first-order chi connectivity index (χ1) is 27.7. The molecule has 312 valence electrons. The van der Waals surface area contributed by atoms with Crippen LogP contribution in [-0.2, 0) is 0 Å². The van der Waals surface area contributed by atoms with Crippen molar-refractivity contribution in [2.24, 2.45) is 101 Å². The fourth-order valence-corrected chi connectivity index (χ4v) is 20.1. The van der Waals surface area contributed by atoms with E-state index in [1.54, 1.807) is 167 Å². The summed E-state index contributed by atoms with van der Waals surface area (Å²) in [6, 6.07) is 0. The topological polar surface area (TPSA) is 0 Å². The van der Waals surface area contributed by atoms with E-state index >= 15 is 0 Å². The molecule has 0 heteroatoms. The van der Waals surface area contributed by atoms with Crippen molar-refractivity contribution in [1.82, 2.24) is 0 Å². The molecule has 56 heavy (non-hydrogen) atoms. The van der Waals surface area contributed by atoms with Gasteiger partial charge in [-0.05, 0) is 224 Å². The summed E-state index contributed by atoms with van der Waals surface area (Å²) >= 11 is 0. The average molecular weight is 761 g/mol. The lowest BCUT2D eigenvalue weighted by atomic mass is 9.45. The van der Waals surface area contributed by atoms with E-state index in [-0.39, 0.29) is 0 Å². The second-order valence-electron chi connectivity index (χ2n) is 24.0. The van der Waals surface area contributed by atoms with Gasteiger partial charge in [0.15, 0.2) is 0 Å². The maximum absolute atomic E-state index is 2.63. The van der Waals surface area contributed by atoms with E-state index in [0.29, 0.717) is 0 Å². The Balaban J connectivity index is 0.736. The van der Waals surface area contributed by atoms with Crippen LogP contribution in [0.2, 0.25) is 0 Å². The maximum atomic E-state index is 2.63. The summed E-state index contributed by atoms with van der Waals surface area (Å²) in [6.45, 7) is 2.63. The van der Waals surface area contributed by atoms with Crippen LogP contribution in [0.5, 0.6) is 0 Å². The van der Waals surface area contributed by atoms with E-state index in [2.05, 4.69) is 23.6 Å². The third-order valence-corrected chi connectivity index (χ3v) is 21.9. The lowest BCUT2D eigenvalue weighted by Crippen LogP contribution is -2.53. The molecule has 0 saturated heterocycles. The van der Waals surface area contributed by atoms with E-state index in [0.717, 1.165) is 101 Å². The molecular formula is C56H88. The van der Waals surface area contributed by atoms with E-state index in [1.807, 2.05) is 5.57 Å². The van der Waals surface area contributed by atoms with Gasteiger partial charge in [0, 0.05) is 5.92 Å². The molecule has 11 aliphatic carbocycles. The fraction of sp³-hybridized carbons (Fsp3) is 0.929. The molecule has 11 rings (SSSR count). The highest BCUT2D eigenvalue weighted by molar-refractivity contribution is 5.42. The Labute approximate surface area is 346 Å². The lowest BCUT2D eigenvalue weighted by molar-refractivity contribution is -0.112. The highest BCUT2D eigenvalue weighted by atomic mass is 14.6. The van der Waals surface area contributed by atoms with Crippen LogP contribution in [0.15, 0.2) is 22.3 Å². The molecule has 9 fully saturated rings. The minimum Gasteiger partial charge on any atom is -0.0670 e. The summed E-state index contributed by atoms with van der Waals surface area (Å²) in [7, 11) is 0. The second kappa shape index (κ2) is 16.7. The Morgan fingerprint density at radius 3 is 1.36 bits per heavy atom. The third-order valence-electron chi connectivity index (χ3n) is 21.9. The fourth-order valence-electron chi connectivity index (χ4n) is 20.1. The van der Waals surface area contributed by atoms with Crippen LogP contribution < -0.4 is 0 Å². The van der Waals surface area contributed by atoms with Crippen LogP contribution in [0.4, 0.5) is 0 Å². The molecule has 0 radical (unpaired) electrons. The van der Waals surface area contributed by atoms with Crippen molar-refractivity contribution in [3.8, 4) is 0 Å². The van der Waals surface area contributed by atoms with Crippen LogP contribution in [0.3, 0.4) is 0 Å². The zero-order chi connectivity index (χ0) is 37.2. The predicted octanol–water partition coefficient (Wildman–Crippen LogP) is 16.5. The Kier molecular flexibility index (Phi) is 11.5. The monoisotopic (exact) mass is 761 g/mol. The molecule has 9 unspecified atom stereocenters. The van der Waals surface area contributed by atoms with Crippen molar-refractivity contribution in [2.45, 2.75) is 225 Å². The number of allylic oxidation sites excluding steroid dienone is 4. The Morgan fingerprint density at radius 1 is 0.304 bits per heavy atom. The highest BCUT2D eigenvalue weighted by Gasteiger charge is 2.56. The van der Waals surface area contributed by atoms with Gasteiger partial charge in [0.1, 0.15) is 0 Å². The minimum atomic E-state index is 0.950. The van der Waals surface area contributed by atoms with Gasteiger partial charge in [0.25, 0.3) is 0 Å². The molecular weight excluding hydrogens is 673 g/mol. The van der Waals surface area contributed by atoms with Crippen LogP contribution in [0.1, 0.15) is 225 Å². The van der Waals surface area contributed by atoms with E-state index in [9.17, 15) is 0 Å². The zero-order valence-electron chi connectivity index (χ0n) is 36.9. The molecule has 9 saturated carbocycles. The maximum Gasteiger partial charge on any atom is 0.00410 e. The largest absolute Gasteiger partial charge is 0.0670 e. The third kappa shape index (κ3) is 6.96. The molecule has 9 atom stereocenters. The number of hydrogen-bond acceptors (Lipinski definition) is 0. The number of hydrogen-bond donors (Lipinski definition) is 0. The van der Waals surface area contributed by atoms with Crippen LogP contribution in [-0.4, -0.2) is 0 Å². The van der Waals surface area contributed by atoms with Gasteiger partial charge in [0.2, 0.25) is 0 Å². The molecule has 0 bridgehead atoms. The van der Waals surface area contributed by atoms with Crippen LogP contribution in [0.25, 0.3) is 0 Å². The van der Waals surface area contributed by atoms with Crippen molar-refractivity contribution in [3.63, 3.8) is 0 Å². The Morgan fingerprint density at radius 2 is 0.732 bits per heavy atom. The van der Waals surface area contributed by atoms with Crippen molar-refractivity contribution < 1.29 is 0 Å². The van der Waals surface area contributed by atoms with Crippen LogP contribution in [0, 0.1) is 101 Å². The van der Waals surface area contributed by atoms with Gasteiger partial charge >= 0.3 is 0 Å². The summed E-state index contributed by atoms with van der Waals surface area (Å²) in [5.74, 6) is 18.1. The molecule has 0 N–H and O–H groups in total. The van der Waals surface area contributed by atoms with Crippen molar-refractivity contribution >= 4 is 0 Å². The first-order valence-corrected chi connectivity index (χ1v) is 27.2. The summed E-state index contributed by atoms with van der Waals surface area (Å²) in [5.41, 5.74) is 8.24. The summed E-state index contributed by atoms with van der Waals surface area (Å²) in [4.78, 5) is 0. The molecule has 0 aromatic rings. The van der Waals surface area contributed by atoms with Crippen molar-refractivity contribution in [3.05, 3.63) is 22.3 Å². The molecule has 0 aliphatic heterocycles.